The Labute approximate surface area is 238 Å². The smallest absolute Gasteiger partial charge is 0.404 e. The van der Waals surface area contributed by atoms with Gasteiger partial charge in [-0.2, -0.15) is 4.31 Å². The van der Waals surface area contributed by atoms with Crippen molar-refractivity contribution in [1.82, 2.24) is 14.8 Å². The first-order chi connectivity index (χ1) is 19.4. The van der Waals surface area contributed by atoms with E-state index in [1.54, 1.807) is 24.3 Å². The lowest BCUT2D eigenvalue weighted by Crippen LogP contribution is -2.50. The summed E-state index contributed by atoms with van der Waals surface area (Å²) in [6.45, 7) is 7.44. The summed E-state index contributed by atoms with van der Waals surface area (Å²) in [5.74, 6) is 1.98. The lowest BCUT2D eigenvalue weighted by atomic mass is 10.0. The first-order valence-electron chi connectivity index (χ1n) is 13.1. The topological polar surface area (TPSA) is 161 Å². The maximum absolute atomic E-state index is 13.6. The SMILES string of the molecule is Cc1noc(C)c1COc1ccc(C[C@H](NC(=O)O)[C@@H](O)CN(CC(C)C)S(=O)(=O)c2ccc3c(c2)OCO3)cc1. The minimum absolute atomic E-state index is 0.00408. The van der Waals surface area contributed by atoms with Crippen molar-refractivity contribution in [2.75, 3.05) is 19.9 Å². The number of benzene rings is 2. The summed E-state index contributed by atoms with van der Waals surface area (Å²) in [7, 11) is -4.05. The molecule has 12 nitrogen and oxygen atoms in total. The van der Waals surface area contributed by atoms with Gasteiger partial charge >= 0.3 is 6.09 Å². The summed E-state index contributed by atoms with van der Waals surface area (Å²) in [5, 5.41) is 26.9. The molecular formula is C28H35N3O9S. The zero-order valence-corrected chi connectivity index (χ0v) is 24.2. The Bertz CT molecular complexity index is 1440. The highest BCUT2D eigenvalue weighted by molar-refractivity contribution is 7.89. The molecule has 0 bridgehead atoms. The van der Waals surface area contributed by atoms with Crippen molar-refractivity contribution < 1.29 is 42.2 Å². The third-order valence-corrected chi connectivity index (χ3v) is 8.49. The third kappa shape index (κ3) is 7.48. The number of aliphatic hydroxyl groups is 1. The van der Waals surface area contributed by atoms with E-state index in [0.717, 1.165) is 16.8 Å². The Morgan fingerprint density at radius 2 is 1.80 bits per heavy atom. The van der Waals surface area contributed by atoms with Crippen LogP contribution in [0.15, 0.2) is 51.9 Å². The molecule has 222 valence electrons. The van der Waals surface area contributed by atoms with E-state index in [4.69, 9.17) is 18.7 Å². The number of hydrogen-bond acceptors (Lipinski definition) is 9. The molecule has 0 unspecified atom stereocenters. The molecule has 3 N–H and O–H groups in total. The average Bonchev–Trinajstić information content (AvgIpc) is 3.52. The summed E-state index contributed by atoms with van der Waals surface area (Å²) >= 11 is 0. The molecule has 1 amide bonds. The number of rotatable bonds is 13. The Morgan fingerprint density at radius 1 is 1.10 bits per heavy atom. The van der Waals surface area contributed by atoms with E-state index >= 15 is 0 Å². The number of amides is 1. The highest BCUT2D eigenvalue weighted by Crippen LogP contribution is 2.35. The molecule has 13 heteroatoms. The van der Waals surface area contributed by atoms with Crippen molar-refractivity contribution in [2.24, 2.45) is 5.92 Å². The van der Waals surface area contributed by atoms with Crippen LogP contribution < -0.4 is 19.5 Å². The maximum Gasteiger partial charge on any atom is 0.404 e. The summed E-state index contributed by atoms with van der Waals surface area (Å²) in [4.78, 5) is 11.6. The molecule has 2 atom stereocenters. The molecule has 3 aromatic rings. The molecule has 0 radical (unpaired) electrons. The van der Waals surface area contributed by atoms with E-state index in [1.807, 2.05) is 27.7 Å². The zero-order valence-electron chi connectivity index (χ0n) is 23.4. The number of aromatic nitrogens is 1. The van der Waals surface area contributed by atoms with Crippen LogP contribution in [0.2, 0.25) is 0 Å². The fourth-order valence-electron chi connectivity index (χ4n) is 4.48. The number of ether oxygens (including phenoxy) is 3. The molecular weight excluding hydrogens is 554 g/mol. The molecule has 0 saturated carbocycles. The second-order valence-corrected chi connectivity index (χ2v) is 12.2. The largest absolute Gasteiger partial charge is 0.489 e. The Hall–Kier alpha value is -3.81. The predicted molar refractivity (Wildman–Crippen MR) is 148 cm³/mol. The van der Waals surface area contributed by atoms with Gasteiger partial charge in [0, 0.05) is 19.2 Å². The van der Waals surface area contributed by atoms with Crippen molar-refractivity contribution in [3.63, 3.8) is 0 Å². The minimum atomic E-state index is -4.05. The van der Waals surface area contributed by atoms with Crippen LogP contribution in [0.4, 0.5) is 4.79 Å². The van der Waals surface area contributed by atoms with Gasteiger partial charge in [-0.3, -0.25) is 0 Å². The first kappa shape index (κ1) is 30.2. The number of carboxylic acid groups (broad SMARTS) is 1. The van der Waals surface area contributed by atoms with Crippen LogP contribution >= 0.6 is 0 Å². The van der Waals surface area contributed by atoms with Gasteiger partial charge < -0.3 is 34.3 Å². The average molecular weight is 590 g/mol. The predicted octanol–water partition coefficient (Wildman–Crippen LogP) is 3.49. The number of carbonyl (C=O) groups is 1. The second kappa shape index (κ2) is 12.8. The quantitative estimate of drug-likeness (QED) is 0.269. The summed E-state index contributed by atoms with van der Waals surface area (Å²) < 4.78 is 49.9. The highest BCUT2D eigenvalue weighted by atomic mass is 32.2. The van der Waals surface area contributed by atoms with Crippen LogP contribution in [0.25, 0.3) is 0 Å². The van der Waals surface area contributed by atoms with E-state index in [1.165, 1.54) is 22.5 Å². The Morgan fingerprint density at radius 3 is 2.44 bits per heavy atom. The molecule has 0 fully saturated rings. The minimum Gasteiger partial charge on any atom is -0.489 e. The van der Waals surface area contributed by atoms with Gasteiger partial charge in [-0.05, 0) is 56.0 Å². The van der Waals surface area contributed by atoms with E-state index in [9.17, 15) is 23.4 Å². The van der Waals surface area contributed by atoms with Gasteiger partial charge in [0.25, 0.3) is 0 Å². The molecule has 2 aromatic carbocycles. The maximum atomic E-state index is 13.6. The van der Waals surface area contributed by atoms with E-state index in [2.05, 4.69) is 10.5 Å². The Kier molecular flexibility index (Phi) is 9.41. The number of aliphatic hydroxyl groups excluding tert-OH is 1. The molecule has 0 spiro atoms. The van der Waals surface area contributed by atoms with Crippen LogP contribution in [0, 0.1) is 19.8 Å². The van der Waals surface area contributed by atoms with Crippen molar-refractivity contribution in [2.45, 2.75) is 57.8 Å². The van der Waals surface area contributed by atoms with Crippen molar-refractivity contribution in [3.8, 4) is 17.2 Å². The first-order valence-corrected chi connectivity index (χ1v) is 14.6. The number of hydrogen-bond donors (Lipinski definition) is 3. The molecule has 1 aliphatic heterocycles. The van der Waals surface area contributed by atoms with Gasteiger partial charge in [-0.15, -0.1) is 0 Å². The lowest BCUT2D eigenvalue weighted by molar-refractivity contribution is 0.0980. The van der Waals surface area contributed by atoms with Gasteiger partial charge in [-0.25, -0.2) is 13.2 Å². The molecule has 0 saturated heterocycles. The van der Waals surface area contributed by atoms with Crippen LogP contribution in [-0.2, 0) is 23.1 Å². The van der Waals surface area contributed by atoms with Gasteiger partial charge in [0.2, 0.25) is 16.8 Å². The van der Waals surface area contributed by atoms with Gasteiger partial charge in [0.15, 0.2) is 11.5 Å². The summed E-state index contributed by atoms with van der Waals surface area (Å²) in [6.07, 6.45) is -2.55. The van der Waals surface area contributed by atoms with Crippen molar-refractivity contribution in [1.29, 1.82) is 0 Å². The number of sulfonamides is 1. The van der Waals surface area contributed by atoms with Crippen molar-refractivity contribution in [3.05, 3.63) is 65.0 Å². The van der Waals surface area contributed by atoms with E-state index < -0.39 is 28.3 Å². The van der Waals surface area contributed by atoms with Crippen LogP contribution in [0.5, 0.6) is 17.2 Å². The van der Waals surface area contributed by atoms with Crippen molar-refractivity contribution >= 4 is 16.1 Å². The summed E-state index contributed by atoms with van der Waals surface area (Å²) in [5.41, 5.74) is 2.34. The number of nitrogens with zero attached hydrogens (tertiary/aromatic N) is 2. The molecule has 1 aromatic heterocycles. The fourth-order valence-corrected chi connectivity index (χ4v) is 6.12. The normalized spacial score (nSPS) is 14.3. The zero-order chi connectivity index (χ0) is 29.7. The summed E-state index contributed by atoms with van der Waals surface area (Å²) in [6, 6.07) is 10.4. The number of fused-ring (bicyclic) bond motifs is 1. The van der Waals surface area contributed by atoms with E-state index in [0.29, 0.717) is 23.0 Å². The Balaban J connectivity index is 1.47. The van der Waals surface area contributed by atoms with E-state index in [-0.39, 0.29) is 43.7 Å². The molecule has 0 aliphatic carbocycles. The molecule has 41 heavy (non-hydrogen) atoms. The lowest BCUT2D eigenvalue weighted by Gasteiger charge is -2.30. The van der Waals surface area contributed by atoms with Crippen LogP contribution in [0.3, 0.4) is 0 Å². The third-order valence-electron chi connectivity index (χ3n) is 6.66. The molecule has 2 heterocycles. The fraction of sp³-hybridized carbons (Fsp3) is 0.429. The van der Waals surface area contributed by atoms with Gasteiger partial charge in [-0.1, -0.05) is 31.1 Å². The molecule has 4 rings (SSSR count). The van der Waals surface area contributed by atoms with Gasteiger partial charge in [0.1, 0.15) is 18.1 Å². The van der Waals surface area contributed by atoms with Crippen LogP contribution in [0.1, 0.15) is 36.4 Å². The monoisotopic (exact) mass is 589 g/mol. The standard InChI is InChI=1S/C28H35N3O9S/c1-17(2)13-31(41(35,36)22-9-10-26-27(12-22)39-16-38-26)14-25(32)24(29-28(33)34)11-20-5-7-21(8-6-20)37-15-23-18(3)30-40-19(23)4/h5-10,12,17,24-25,29,32H,11,13-16H2,1-4H3,(H,33,34)/t24-,25-/m0/s1. The highest BCUT2D eigenvalue weighted by Gasteiger charge is 2.32. The second-order valence-electron chi connectivity index (χ2n) is 10.3. The van der Waals surface area contributed by atoms with Crippen LogP contribution in [-0.4, -0.2) is 66.2 Å². The number of aryl methyl sites for hydroxylation is 2. The van der Waals surface area contributed by atoms with Gasteiger partial charge in [0.05, 0.1) is 28.3 Å². The number of nitrogens with one attached hydrogen (secondary N) is 1. The molecule has 1 aliphatic rings.